The molecule has 0 radical (unpaired) electrons. The van der Waals surface area contributed by atoms with Gasteiger partial charge in [-0.05, 0) is 43.4 Å². The first-order chi connectivity index (χ1) is 14.4. The number of amides is 2. The molecule has 0 aromatic heterocycles. The van der Waals surface area contributed by atoms with Crippen LogP contribution in [0.1, 0.15) is 38.3 Å². The van der Waals surface area contributed by atoms with Gasteiger partial charge in [0, 0.05) is 18.0 Å². The molecule has 0 bridgehead atoms. The van der Waals surface area contributed by atoms with Gasteiger partial charge in [0.05, 0.1) is 5.75 Å². The Kier molecular flexibility index (Phi) is 9.95. The fraction of sp³-hybridized carbons (Fsp3) is 0.440. The Balaban J connectivity index is 2.09. The number of benzene rings is 2. The van der Waals surface area contributed by atoms with Crippen molar-refractivity contribution in [2.75, 3.05) is 18.8 Å². The number of hydrogen-bond donors (Lipinski definition) is 1. The molecule has 0 spiro atoms. The van der Waals surface area contributed by atoms with E-state index in [4.69, 9.17) is 0 Å². The molecule has 0 aliphatic heterocycles. The lowest BCUT2D eigenvalue weighted by molar-refractivity contribution is -0.138. The van der Waals surface area contributed by atoms with Crippen molar-refractivity contribution < 1.29 is 9.59 Å². The summed E-state index contributed by atoms with van der Waals surface area (Å²) in [4.78, 5) is 28.8. The minimum Gasteiger partial charge on any atom is -0.354 e. The second-order valence-electron chi connectivity index (χ2n) is 7.99. The molecule has 2 aromatic carbocycles. The number of carbonyl (C=O) groups is 2. The number of carbonyl (C=O) groups excluding carboxylic acids is 2. The molecule has 0 saturated heterocycles. The van der Waals surface area contributed by atoms with Gasteiger partial charge in [-0.25, -0.2) is 0 Å². The molecule has 4 nitrogen and oxygen atoms in total. The van der Waals surface area contributed by atoms with Gasteiger partial charge in [0.15, 0.2) is 0 Å². The average Bonchev–Trinajstić information content (AvgIpc) is 2.75. The van der Waals surface area contributed by atoms with Crippen molar-refractivity contribution in [2.24, 2.45) is 5.92 Å². The van der Waals surface area contributed by atoms with Gasteiger partial charge in [0.2, 0.25) is 11.8 Å². The van der Waals surface area contributed by atoms with E-state index in [1.165, 1.54) is 22.9 Å². The summed E-state index contributed by atoms with van der Waals surface area (Å²) in [5, 5.41) is 3.01. The monoisotopic (exact) mass is 426 g/mol. The molecule has 30 heavy (non-hydrogen) atoms. The van der Waals surface area contributed by atoms with E-state index in [0.717, 1.165) is 11.3 Å². The fourth-order valence-corrected chi connectivity index (χ4v) is 3.97. The van der Waals surface area contributed by atoms with Crippen LogP contribution >= 0.6 is 11.8 Å². The van der Waals surface area contributed by atoms with Gasteiger partial charge in [-0.15, -0.1) is 11.8 Å². The van der Waals surface area contributed by atoms with Crippen molar-refractivity contribution in [3.63, 3.8) is 0 Å². The molecule has 2 rings (SSSR count). The van der Waals surface area contributed by atoms with Crippen molar-refractivity contribution in [1.29, 1.82) is 0 Å². The number of thioether (sulfide) groups is 1. The molecule has 162 valence electrons. The number of rotatable bonds is 11. The number of aryl methyl sites for hydroxylation is 1. The van der Waals surface area contributed by atoms with E-state index in [9.17, 15) is 9.59 Å². The topological polar surface area (TPSA) is 49.4 Å². The van der Waals surface area contributed by atoms with Crippen molar-refractivity contribution in [1.82, 2.24) is 10.2 Å². The zero-order valence-electron chi connectivity index (χ0n) is 18.6. The highest BCUT2D eigenvalue weighted by Gasteiger charge is 2.28. The van der Waals surface area contributed by atoms with Gasteiger partial charge in [0.25, 0.3) is 0 Å². The molecule has 5 heteroatoms. The summed E-state index contributed by atoms with van der Waals surface area (Å²) in [5.74, 6) is 0.638. The van der Waals surface area contributed by atoms with Gasteiger partial charge < -0.3 is 10.2 Å². The SMILES string of the molecule is CC[C@H](C(=O)NCC(C)C)N(CCc1ccccc1)C(=O)CSc1ccc(C)cc1. The van der Waals surface area contributed by atoms with Crippen molar-refractivity contribution in [2.45, 2.75) is 51.5 Å². The quantitative estimate of drug-likeness (QED) is 0.530. The lowest BCUT2D eigenvalue weighted by Gasteiger charge is -2.31. The summed E-state index contributed by atoms with van der Waals surface area (Å²) in [6.45, 7) is 9.30. The summed E-state index contributed by atoms with van der Waals surface area (Å²) < 4.78 is 0. The Morgan fingerprint density at radius 2 is 1.70 bits per heavy atom. The maximum Gasteiger partial charge on any atom is 0.242 e. The lowest BCUT2D eigenvalue weighted by Crippen LogP contribution is -2.51. The smallest absolute Gasteiger partial charge is 0.242 e. The largest absolute Gasteiger partial charge is 0.354 e. The second kappa shape index (κ2) is 12.4. The molecule has 0 aliphatic rings. The van der Waals surface area contributed by atoms with Crippen molar-refractivity contribution >= 4 is 23.6 Å². The van der Waals surface area contributed by atoms with Crippen LogP contribution in [0.2, 0.25) is 0 Å². The van der Waals surface area contributed by atoms with E-state index in [-0.39, 0.29) is 11.8 Å². The number of nitrogens with zero attached hydrogens (tertiary/aromatic N) is 1. The Labute approximate surface area is 185 Å². The predicted octanol–water partition coefficient (Wildman–Crippen LogP) is 4.71. The Bertz CT molecular complexity index is 791. The molecule has 0 heterocycles. The fourth-order valence-electron chi connectivity index (χ4n) is 3.18. The molecular formula is C25H34N2O2S. The van der Waals surface area contributed by atoms with Gasteiger partial charge >= 0.3 is 0 Å². The third kappa shape index (κ3) is 7.86. The van der Waals surface area contributed by atoms with Gasteiger partial charge in [-0.2, -0.15) is 0 Å². The van der Waals surface area contributed by atoms with Crippen LogP contribution in [0.15, 0.2) is 59.5 Å². The van der Waals surface area contributed by atoms with Crippen molar-refractivity contribution in [3.05, 3.63) is 65.7 Å². The standard InChI is InChI=1S/C25H34N2O2S/c1-5-23(25(29)26-17-19(2)3)27(16-15-21-9-7-6-8-10-21)24(28)18-30-22-13-11-20(4)12-14-22/h6-14,19,23H,5,15-18H2,1-4H3,(H,26,29)/t23-/m1/s1. The van der Waals surface area contributed by atoms with E-state index < -0.39 is 6.04 Å². The van der Waals surface area contributed by atoms with Crippen molar-refractivity contribution in [3.8, 4) is 0 Å². The Morgan fingerprint density at radius 1 is 1.03 bits per heavy atom. The zero-order valence-corrected chi connectivity index (χ0v) is 19.4. The Hall–Kier alpha value is -2.27. The van der Waals surface area contributed by atoms with Gasteiger partial charge in [0.1, 0.15) is 6.04 Å². The van der Waals surface area contributed by atoms with Crippen LogP contribution in [0.4, 0.5) is 0 Å². The summed E-state index contributed by atoms with van der Waals surface area (Å²) in [5.41, 5.74) is 2.36. The molecule has 0 unspecified atom stereocenters. The van der Waals surface area contributed by atoms with Crippen LogP contribution in [0.25, 0.3) is 0 Å². The van der Waals surface area contributed by atoms with Crippen LogP contribution < -0.4 is 5.32 Å². The zero-order chi connectivity index (χ0) is 21.9. The second-order valence-corrected chi connectivity index (χ2v) is 9.04. The minimum atomic E-state index is -0.446. The highest BCUT2D eigenvalue weighted by molar-refractivity contribution is 8.00. The third-order valence-electron chi connectivity index (χ3n) is 4.94. The molecule has 0 aliphatic carbocycles. The van der Waals surface area contributed by atoms with Crippen LogP contribution in [0.3, 0.4) is 0 Å². The predicted molar refractivity (Wildman–Crippen MR) is 126 cm³/mol. The first kappa shape index (κ1) is 24.0. The molecule has 1 atom stereocenters. The first-order valence-electron chi connectivity index (χ1n) is 10.7. The van der Waals surface area contributed by atoms with Crippen LogP contribution in [-0.4, -0.2) is 41.6 Å². The summed E-state index contributed by atoms with van der Waals surface area (Å²) in [6, 6.07) is 17.8. The molecule has 2 amide bonds. The maximum absolute atomic E-state index is 13.2. The van der Waals surface area contributed by atoms with Crippen LogP contribution in [0.5, 0.6) is 0 Å². The van der Waals surface area contributed by atoms with E-state index in [0.29, 0.717) is 31.2 Å². The van der Waals surface area contributed by atoms with E-state index in [1.54, 1.807) is 4.90 Å². The molecule has 0 saturated carbocycles. The molecule has 1 N–H and O–H groups in total. The van der Waals surface area contributed by atoms with Gasteiger partial charge in [-0.1, -0.05) is 68.8 Å². The average molecular weight is 427 g/mol. The highest BCUT2D eigenvalue weighted by atomic mass is 32.2. The summed E-state index contributed by atoms with van der Waals surface area (Å²) in [6.07, 6.45) is 1.33. The lowest BCUT2D eigenvalue weighted by atomic mass is 10.1. The Morgan fingerprint density at radius 3 is 2.30 bits per heavy atom. The van der Waals surface area contributed by atoms with Crippen LogP contribution in [0, 0.1) is 12.8 Å². The normalized spacial score (nSPS) is 11.9. The minimum absolute atomic E-state index is 0.00283. The summed E-state index contributed by atoms with van der Waals surface area (Å²) in [7, 11) is 0. The van der Waals surface area contributed by atoms with Crippen LogP contribution in [-0.2, 0) is 16.0 Å². The highest BCUT2D eigenvalue weighted by Crippen LogP contribution is 2.20. The van der Waals surface area contributed by atoms with Gasteiger partial charge in [-0.3, -0.25) is 9.59 Å². The summed E-state index contributed by atoms with van der Waals surface area (Å²) >= 11 is 1.52. The third-order valence-corrected chi connectivity index (χ3v) is 5.93. The van der Waals surface area contributed by atoms with E-state index in [1.807, 2.05) is 56.3 Å². The molecule has 2 aromatic rings. The van der Waals surface area contributed by atoms with E-state index in [2.05, 4.69) is 31.3 Å². The maximum atomic E-state index is 13.2. The number of nitrogens with one attached hydrogen (secondary N) is 1. The molecule has 0 fully saturated rings. The first-order valence-corrected chi connectivity index (χ1v) is 11.7. The van der Waals surface area contributed by atoms with E-state index >= 15 is 0 Å². The number of hydrogen-bond acceptors (Lipinski definition) is 3. The molecular weight excluding hydrogens is 392 g/mol.